The van der Waals surface area contributed by atoms with Crippen LogP contribution in [0.5, 0.6) is 0 Å². The molecule has 3 aromatic carbocycles. The average molecular weight is 501 g/mol. The smallest absolute Gasteiger partial charge is 0.335 e. The van der Waals surface area contributed by atoms with Gasteiger partial charge in [-0.3, -0.25) is 4.79 Å². The molecule has 0 bridgehead atoms. The monoisotopic (exact) mass is 500 g/mol. The number of primary amides is 1. The number of hydrogen-bond acceptors (Lipinski definition) is 3. The maximum absolute atomic E-state index is 11.7. The Morgan fingerprint density at radius 1 is 0.939 bits per heavy atom. The predicted molar refractivity (Wildman–Crippen MR) is 129 cm³/mol. The first-order chi connectivity index (χ1) is 15.9. The summed E-state index contributed by atoms with van der Waals surface area (Å²) < 4.78 is 4.45. The lowest BCUT2D eigenvalue weighted by Gasteiger charge is -2.14. The Bertz CT molecular complexity index is 1520. The third-order valence-electron chi connectivity index (χ3n) is 5.49. The first-order valence-electron chi connectivity index (χ1n) is 9.99. The Balaban J connectivity index is 1.73. The molecule has 5 rings (SSSR count). The lowest BCUT2D eigenvalue weighted by molar-refractivity contribution is 0.0696. The number of carboxylic acid groups (broad SMARTS) is 1. The van der Waals surface area contributed by atoms with E-state index in [1.54, 1.807) is 48.9 Å². The van der Waals surface area contributed by atoms with Crippen molar-refractivity contribution in [2.75, 3.05) is 0 Å². The number of nitrogens with two attached hydrogens (primary N) is 1. The molecule has 8 heteroatoms. The minimum absolute atomic E-state index is 0.191. The van der Waals surface area contributed by atoms with E-state index < -0.39 is 11.9 Å². The van der Waals surface area contributed by atoms with Crippen molar-refractivity contribution in [1.82, 2.24) is 14.1 Å². The van der Waals surface area contributed by atoms with Gasteiger partial charge in [0, 0.05) is 33.6 Å². The van der Waals surface area contributed by atoms with E-state index in [1.165, 1.54) is 0 Å². The highest BCUT2D eigenvalue weighted by atomic mass is 79.9. The molecule has 0 fully saturated rings. The molecule has 2 aromatic heterocycles. The fraction of sp³-hybridized carbons (Fsp3) is 0. The number of halogens is 1. The molecule has 0 saturated heterocycles. The number of amides is 1. The number of aromatic nitrogens is 3. The summed E-state index contributed by atoms with van der Waals surface area (Å²) in [6.07, 6.45) is 5.33. The van der Waals surface area contributed by atoms with E-state index in [1.807, 2.05) is 45.7 Å². The van der Waals surface area contributed by atoms with E-state index in [4.69, 9.17) is 5.73 Å². The number of carbonyl (C=O) groups excluding carboxylic acids is 1. The van der Waals surface area contributed by atoms with Crippen LogP contribution in [0.1, 0.15) is 20.7 Å². The normalized spacial score (nSPS) is 11.1. The SMILES string of the molecule is NC(=O)c1ccc(-n2c(-c3ccc(-n4ccnc4)cc3)cc3ccc(C(=O)O)cc32)cc1Br. The highest BCUT2D eigenvalue weighted by Gasteiger charge is 2.16. The van der Waals surface area contributed by atoms with Crippen LogP contribution >= 0.6 is 15.9 Å². The quantitative estimate of drug-likeness (QED) is 0.352. The van der Waals surface area contributed by atoms with Gasteiger partial charge in [-0.15, -0.1) is 0 Å². The number of carbonyl (C=O) groups is 2. The summed E-state index contributed by atoms with van der Waals surface area (Å²) in [5.74, 6) is -1.53. The molecular formula is C25H17BrN4O3. The summed E-state index contributed by atoms with van der Waals surface area (Å²) in [4.78, 5) is 27.4. The Morgan fingerprint density at radius 2 is 1.70 bits per heavy atom. The molecule has 3 N–H and O–H groups in total. The number of hydrogen-bond donors (Lipinski definition) is 2. The molecule has 33 heavy (non-hydrogen) atoms. The van der Waals surface area contributed by atoms with Crippen molar-refractivity contribution in [3.05, 3.63) is 101 Å². The predicted octanol–water partition coefficient (Wildman–Crippen LogP) is 5.04. The molecule has 0 spiro atoms. The molecule has 162 valence electrons. The number of fused-ring (bicyclic) bond motifs is 1. The van der Waals surface area contributed by atoms with Crippen LogP contribution in [0.4, 0.5) is 0 Å². The maximum Gasteiger partial charge on any atom is 0.335 e. The van der Waals surface area contributed by atoms with E-state index in [9.17, 15) is 14.7 Å². The van der Waals surface area contributed by atoms with Crippen LogP contribution in [0.2, 0.25) is 0 Å². The topological polar surface area (TPSA) is 103 Å². The zero-order valence-electron chi connectivity index (χ0n) is 17.1. The van der Waals surface area contributed by atoms with Crippen molar-refractivity contribution >= 4 is 38.7 Å². The van der Waals surface area contributed by atoms with Crippen molar-refractivity contribution in [1.29, 1.82) is 0 Å². The molecule has 7 nitrogen and oxygen atoms in total. The van der Waals surface area contributed by atoms with Crippen molar-refractivity contribution in [2.24, 2.45) is 5.73 Å². The van der Waals surface area contributed by atoms with Gasteiger partial charge in [-0.05, 0) is 70.0 Å². The summed E-state index contributed by atoms with van der Waals surface area (Å²) in [6.45, 7) is 0. The first-order valence-corrected chi connectivity index (χ1v) is 10.8. The first kappa shape index (κ1) is 20.7. The van der Waals surface area contributed by atoms with Crippen LogP contribution in [-0.4, -0.2) is 31.1 Å². The van der Waals surface area contributed by atoms with Gasteiger partial charge in [-0.25, -0.2) is 9.78 Å². The largest absolute Gasteiger partial charge is 0.478 e. The second-order valence-corrected chi connectivity index (χ2v) is 8.34. The lowest BCUT2D eigenvalue weighted by Crippen LogP contribution is -2.12. The van der Waals surface area contributed by atoms with Gasteiger partial charge in [0.15, 0.2) is 0 Å². The Hall–Kier alpha value is -4.17. The van der Waals surface area contributed by atoms with Crippen LogP contribution < -0.4 is 5.73 Å². The highest BCUT2D eigenvalue weighted by Crippen LogP contribution is 2.34. The van der Waals surface area contributed by atoms with Gasteiger partial charge in [0.1, 0.15) is 0 Å². The van der Waals surface area contributed by atoms with Crippen LogP contribution in [-0.2, 0) is 0 Å². The van der Waals surface area contributed by atoms with Gasteiger partial charge in [0.2, 0.25) is 5.91 Å². The zero-order valence-corrected chi connectivity index (χ0v) is 18.7. The van der Waals surface area contributed by atoms with E-state index in [2.05, 4.69) is 20.9 Å². The van der Waals surface area contributed by atoms with E-state index in [-0.39, 0.29) is 5.56 Å². The molecule has 1 amide bonds. The molecule has 2 heterocycles. The fourth-order valence-electron chi connectivity index (χ4n) is 3.88. The van der Waals surface area contributed by atoms with Crippen LogP contribution in [0.15, 0.2) is 89.9 Å². The molecule has 0 radical (unpaired) electrons. The molecule has 0 unspecified atom stereocenters. The molecule has 0 saturated carbocycles. The molecule has 0 aliphatic carbocycles. The summed E-state index contributed by atoms with van der Waals surface area (Å²) in [7, 11) is 0. The molecule has 0 aliphatic heterocycles. The number of carboxylic acids is 1. The zero-order chi connectivity index (χ0) is 23.1. The molecule has 0 aliphatic rings. The number of aromatic carboxylic acids is 1. The summed E-state index contributed by atoms with van der Waals surface area (Å²) in [6, 6.07) is 20.3. The summed E-state index contributed by atoms with van der Waals surface area (Å²) in [5, 5.41) is 10.4. The molecule has 0 atom stereocenters. The van der Waals surface area contributed by atoms with Crippen molar-refractivity contribution in [3.63, 3.8) is 0 Å². The van der Waals surface area contributed by atoms with Gasteiger partial charge >= 0.3 is 5.97 Å². The molecular weight excluding hydrogens is 484 g/mol. The van der Waals surface area contributed by atoms with Gasteiger partial charge in [-0.2, -0.15) is 0 Å². The summed E-state index contributed by atoms with van der Waals surface area (Å²) in [5.41, 5.74) is 10.3. The van der Waals surface area contributed by atoms with Gasteiger partial charge in [-0.1, -0.05) is 18.2 Å². The maximum atomic E-state index is 11.7. The minimum atomic E-state index is -0.999. The van der Waals surface area contributed by atoms with Crippen molar-refractivity contribution < 1.29 is 14.7 Å². The fourth-order valence-corrected chi connectivity index (χ4v) is 4.45. The number of imidazole rings is 1. The second kappa shape index (κ2) is 8.07. The average Bonchev–Trinajstić information content (AvgIpc) is 3.46. The highest BCUT2D eigenvalue weighted by molar-refractivity contribution is 9.10. The van der Waals surface area contributed by atoms with Crippen LogP contribution in [0, 0.1) is 0 Å². The second-order valence-electron chi connectivity index (χ2n) is 7.49. The van der Waals surface area contributed by atoms with Gasteiger partial charge in [0.05, 0.1) is 28.7 Å². The third kappa shape index (κ3) is 3.70. The standard InChI is InChI=1S/C25H17BrN4O3/c26-21-13-19(7-8-20(21)24(27)31)30-22(11-16-1-2-17(25(32)33)12-23(16)30)15-3-5-18(6-4-15)29-10-9-28-14-29/h1-14H,(H2,27,31)(H,32,33). The third-order valence-corrected chi connectivity index (χ3v) is 6.15. The van der Waals surface area contributed by atoms with Crippen LogP contribution in [0.3, 0.4) is 0 Å². The lowest BCUT2D eigenvalue weighted by atomic mass is 10.1. The minimum Gasteiger partial charge on any atom is -0.478 e. The van der Waals surface area contributed by atoms with Gasteiger partial charge in [0.25, 0.3) is 0 Å². The Morgan fingerprint density at radius 3 is 2.33 bits per heavy atom. The molecule has 5 aromatic rings. The van der Waals surface area contributed by atoms with E-state index >= 15 is 0 Å². The summed E-state index contributed by atoms with van der Waals surface area (Å²) >= 11 is 3.43. The Kier molecular flexibility index (Phi) is 5.07. The number of benzene rings is 3. The Labute approximate surface area is 196 Å². The van der Waals surface area contributed by atoms with E-state index in [0.29, 0.717) is 10.0 Å². The number of nitrogens with zero attached hydrogens (tertiary/aromatic N) is 3. The van der Waals surface area contributed by atoms with Crippen molar-refractivity contribution in [2.45, 2.75) is 0 Å². The van der Waals surface area contributed by atoms with E-state index in [0.717, 1.165) is 33.5 Å². The number of rotatable bonds is 5. The van der Waals surface area contributed by atoms with Crippen molar-refractivity contribution in [3.8, 4) is 22.6 Å². The van der Waals surface area contributed by atoms with Crippen LogP contribution in [0.25, 0.3) is 33.5 Å². The van der Waals surface area contributed by atoms with Gasteiger partial charge < -0.3 is 20.0 Å².